The minimum atomic E-state index is 0.634. The highest BCUT2D eigenvalue weighted by Crippen LogP contribution is 2.36. The maximum absolute atomic E-state index is 5.72. The van der Waals surface area contributed by atoms with Gasteiger partial charge in [-0.25, -0.2) is 0 Å². The van der Waals surface area contributed by atoms with Crippen molar-refractivity contribution in [3.63, 3.8) is 0 Å². The van der Waals surface area contributed by atoms with Crippen LogP contribution in [0, 0.1) is 5.92 Å². The molecule has 0 bridgehead atoms. The molecule has 12 heavy (non-hydrogen) atoms. The quantitative estimate of drug-likeness (QED) is 0.631. The Kier molecular flexibility index (Phi) is 2.01. The smallest absolute Gasteiger partial charge is 0.0402 e. The van der Waals surface area contributed by atoms with Crippen molar-refractivity contribution < 1.29 is 0 Å². The van der Waals surface area contributed by atoms with Crippen LogP contribution in [0.4, 0.5) is 0 Å². The Labute approximate surface area is 73.6 Å². The van der Waals surface area contributed by atoms with Crippen molar-refractivity contribution >= 4 is 5.71 Å². The third-order valence-electron chi connectivity index (χ3n) is 2.89. The Hall–Kier alpha value is -0.630. The summed E-state index contributed by atoms with van der Waals surface area (Å²) in [7, 11) is 0. The summed E-state index contributed by atoms with van der Waals surface area (Å²) in [4.78, 5) is 4.55. The Morgan fingerprint density at radius 2 is 2.42 bits per heavy atom. The molecule has 0 saturated heterocycles. The maximum atomic E-state index is 5.72. The van der Waals surface area contributed by atoms with E-state index < -0.39 is 0 Å². The maximum Gasteiger partial charge on any atom is 0.0402 e. The second kappa shape index (κ2) is 3.02. The zero-order valence-corrected chi connectivity index (χ0v) is 7.64. The fourth-order valence-electron chi connectivity index (χ4n) is 2.27. The van der Waals surface area contributed by atoms with Crippen molar-refractivity contribution in [1.29, 1.82) is 0 Å². The van der Waals surface area contributed by atoms with E-state index in [-0.39, 0.29) is 0 Å². The third-order valence-corrected chi connectivity index (χ3v) is 2.89. The molecule has 2 nitrogen and oxygen atoms in total. The van der Waals surface area contributed by atoms with Gasteiger partial charge in [-0.3, -0.25) is 4.99 Å². The van der Waals surface area contributed by atoms with E-state index in [0.29, 0.717) is 5.92 Å². The molecule has 0 saturated carbocycles. The van der Waals surface area contributed by atoms with E-state index in [9.17, 15) is 0 Å². The minimum absolute atomic E-state index is 0.634. The van der Waals surface area contributed by atoms with Crippen LogP contribution in [-0.2, 0) is 0 Å². The summed E-state index contributed by atoms with van der Waals surface area (Å²) in [6.45, 7) is 2.92. The highest BCUT2D eigenvalue weighted by atomic mass is 14.8. The Balaban J connectivity index is 2.22. The topological polar surface area (TPSA) is 38.4 Å². The van der Waals surface area contributed by atoms with Crippen molar-refractivity contribution in [2.75, 3.05) is 6.54 Å². The van der Waals surface area contributed by atoms with Gasteiger partial charge < -0.3 is 5.73 Å². The number of aliphatic imine (C=N–C) groups is 1. The van der Waals surface area contributed by atoms with Crippen LogP contribution in [0.1, 0.15) is 32.6 Å². The molecule has 0 amide bonds. The van der Waals surface area contributed by atoms with Crippen LogP contribution >= 0.6 is 0 Å². The lowest BCUT2D eigenvalue weighted by molar-refractivity contribution is 0.504. The lowest BCUT2D eigenvalue weighted by Gasteiger charge is -2.22. The highest BCUT2D eigenvalue weighted by Gasteiger charge is 2.25. The first-order chi connectivity index (χ1) is 5.81. The van der Waals surface area contributed by atoms with Crippen LogP contribution in [0.5, 0.6) is 0 Å². The standard InChI is InChI=1S/C10H16N2/c1-7-5-9-8(6-11)3-2-4-10(9)12-7/h8H,2-6,11H2,1H3. The summed E-state index contributed by atoms with van der Waals surface area (Å²) >= 11 is 0. The fourth-order valence-corrected chi connectivity index (χ4v) is 2.27. The summed E-state index contributed by atoms with van der Waals surface area (Å²) in [6, 6.07) is 0. The predicted octanol–water partition coefficient (Wildman–Crippen LogP) is 1.86. The zero-order valence-electron chi connectivity index (χ0n) is 7.64. The van der Waals surface area contributed by atoms with Crippen molar-refractivity contribution in [2.45, 2.75) is 32.6 Å². The molecular weight excluding hydrogens is 148 g/mol. The van der Waals surface area contributed by atoms with E-state index in [4.69, 9.17) is 5.73 Å². The molecule has 0 spiro atoms. The number of nitrogens with two attached hydrogens (primary N) is 1. The van der Waals surface area contributed by atoms with Crippen molar-refractivity contribution in [2.24, 2.45) is 16.6 Å². The van der Waals surface area contributed by atoms with Gasteiger partial charge in [0, 0.05) is 17.8 Å². The van der Waals surface area contributed by atoms with E-state index >= 15 is 0 Å². The third kappa shape index (κ3) is 1.20. The van der Waals surface area contributed by atoms with Crippen molar-refractivity contribution in [1.82, 2.24) is 0 Å². The molecule has 1 atom stereocenters. The van der Waals surface area contributed by atoms with Crippen LogP contribution < -0.4 is 5.73 Å². The molecule has 1 unspecified atom stereocenters. The van der Waals surface area contributed by atoms with E-state index in [2.05, 4.69) is 11.9 Å². The van der Waals surface area contributed by atoms with Gasteiger partial charge in [0.25, 0.3) is 0 Å². The minimum Gasteiger partial charge on any atom is -0.330 e. The van der Waals surface area contributed by atoms with E-state index in [0.717, 1.165) is 13.0 Å². The van der Waals surface area contributed by atoms with Crippen LogP contribution in [0.2, 0.25) is 0 Å². The summed E-state index contributed by atoms with van der Waals surface area (Å²) in [5.74, 6) is 0.634. The first-order valence-electron chi connectivity index (χ1n) is 4.77. The average molecular weight is 164 g/mol. The number of hydrogen-bond donors (Lipinski definition) is 1. The van der Waals surface area contributed by atoms with Gasteiger partial charge >= 0.3 is 0 Å². The van der Waals surface area contributed by atoms with E-state index in [1.54, 1.807) is 5.57 Å². The second-order valence-electron chi connectivity index (χ2n) is 3.82. The second-order valence-corrected chi connectivity index (χ2v) is 3.82. The molecular formula is C10H16N2. The summed E-state index contributed by atoms with van der Waals surface area (Å²) in [5, 5.41) is 0. The fraction of sp³-hybridized carbons (Fsp3) is 0.700. The lowest BCUT2D eigenvalue weighted by Crippen LogP contribution is -2.19. The number of nitrogens with zero attached hydrogens (tertiary/aromatic N) is 1. The predicted molar refractivity (Wildman–Crippen MR) is 51.1 cm³/mol. The first kappa shape index (κ1) is 7.99. The normalized spacial score (nSPS) is 28.8. The molecule has 0 aromatic heterocycles. The molecule has 0 aromatic carbocycles. The monoisotopic (exact) mass is 164 g/mol. The number of allylic oxidation sites excluding steroid dienone is 1. The van der Waals surface area contributed by atoms with Crippen molar-refractivity contribution in [3.8, 4) is 0 Å². The van der Waals surface area contributed by atoms with Gasteiger partial charge in [0.05, 0.1) is 0 Å². The van der Waals surface area contributed by atoms with Gasteiger partial charge in [-0.05, 0) is 44.2 Å². The van der Waals surface area contributed by atoms with E-state index in [1.165, 1.54) is 30.7 Å². The molecule has 2 aliphatic rings. The molecule has 1 aliphatic heterocycles. The molecule has 2 rings (SSSR count). The van der Waals surface area contributed by atoms with Gasteiger partial charge in [-0.1, -0.05) is 0 Å². The Bertz CT molecular complexity index is 251. The molecule has 0 fully saturated rings. The summed E-state index contributed by atoms with van der Waals surface area (Å²) in [6.07, 6.45) is 4.83. The SMILES string of the molecule is CC1=NC2=C(C1)C(CN)CCC2. The molecule has 2 N–H and O–H groups in total. The molecule has 0 aromatic rings. The lowest BCUT2D eigenvalue weighted by atomic mass is 9.85. The number of hydrogen-bond acceptors (Lipinski definition) is 2. The first-order valence-corrected chi connectivity index (χ1v) is 4.77. The average Bonchev–Trinajstić information content (AvgIpc) is 2.44. The summed E-state index contributed by atoms with van der Waals surface area (Å²) < 4.78 is 0. The molecule has 2 heteroatoms. The molecule has 1 heterocycles. The molecule has 0 radical (unpaired) electrons. The van der Waals surface area contributed by atoms with Crippen LogP contribution in [-0.4, -0.2) is 12.3 Å². The van der Waals surface area contributed by atoms with E-state index in [1.807, 2.05) is 0 Å². The Morgan fingerprint density at radius 3 is 3.17 bits per heavy atom. The zero-order chi connectivity index (χ0) is 8.55. The largest absolute Gasteiger partial charge is 0.330 e. The van der Waals surface area contributed by atoms with Gasteiger partial charge in [-0.15, -0.1) is 0 Å². The van der Waals surface area contributed by atoms with Crippen LogP contribution in [0.25, 0.3) is 0 Å². The van der Waals surface area contributed by atoms with Gasteiger partial charge in [0.1, 0.15) is 0 Å². The number of rotatable bonds is 1. The molecule has 66 valence electrons. The van der Waals surface area contributed by atoms with Crippen molar-refractivity contribution in [3.05, 3.63) is 11.3 Å². The van der Waals surface area contributed by atoms with Gasteiger partial charge in [0.15, 0.2) is 0 Å². The summed E-state index contributed by atoms with van der Waals surface area (Å²) in [5.41, 5.74) is 9.90. The highest BCUT2D eigenvalue weighted by molar-refractivity contribution is 5.88. The Morgan fingerprint density at radius 1 is 1.58 bits per heavy atom. The van der Waals surface area contributed by atoms with Crippen LogP contribution in [0.15, 0.2) is 16.3 Å². The van der Waals surface area contributed by atoms with Gasteiger partial charge in [-0.2, -0.15) is 0 Å². The van der Waals surface area contributed by atoms with Crippen LogP contribution in [0.3, 0.4) is 0 Å². The molecule has 1 aliphatic carbocycles. The van der Waals surface area contributed by atoms with Gasteiger partial charge in [0.2, 0.25) is 0 Å².